The molecule has 7 nitrogen and oxygen atoms in total. The second-order valence-corrected chi connectivity index (χ2v) is 11.6. The van der Waals surface area contributed by atoms with Crippen LogP contribution in [0.1, 0.15) is 35.1 Å². The lowest BCUT2D eigenvalue weighted by Crippen LogP contribution is -2.50. The number of likely N-dealkylation sites (N-methyl/N-ethyl adjacent to an activating group) is 1. The van der Waals surface area contributed by atoms with Crippen LogP contribution in [0.2, 0.25) is 0 Å². The number of aryl methyl sites for hydroxylation is 2. The summed E-state index contributed by atoms with van der Waals surface area (Å²) >= 11 is 0. The number of nitrogens with zero attached hydrogens (tertiary/aromatic N) is 2. The second kappa shape index (κ2) is 13.4. The number of sulfonamides is 1. The molecule has 0 aliphatic rings. The molecule has 0 aromatic heterocycles. The second-order valence-electron chi connectivity index (χ2n) is 9.66. The summed E-state index contributed by atoms with van der Waals surface area (Å²) in [7, 11) is -2.11. The van der Waals surface area contributed by atoms with Gasteiger partial charge in [-0.1, -0.05) is 60.7 Å². The molecular weight excluding hydrogens is 517 g/mol. The zero-order valence-electron chi connectivity index (χ0n) is 22.9. The largest absolute Gasteiger partial charge is 0.357 e. The quantitative estimate of drug-likeness (QED) is 0.361. The molecular formula is C30H36FN3O4S. The molecule has 0 aliphatic carbocycles. The summed E-state index contributed by atoms with van der Waals surface area (Å²) in [5, 5.41) is 2.63. The Labute approximate surface area is 230 Å². The molecule has 0 heterocycles. The first-order valence-electron chi connectivity index (χ1n) is 12.8. The normalized spacial score (nSPS) is 12.0. The minimum absolute atomic E-state index is 0.0202. The highest BCUT2D eigenvalue weighted by atomic mass is 32.2. The first kappa shape index (κ1) is 29.8. The van der Waals surface area contributed by atoms with E-state index in [4.69, 9.17) is 0 Å². The van der Waals surface area contributed by atoms with Crippen LogP contribution in [0.4, 0.5) is 10.1 Å². The van der Waals surface area contributed by atoms with Crippen molar-refractivity contribution in [1.82, 2.24) is 10.2 Å². The van der Waals surface area contributed by atoms with E-state index in [0.29, 0.717) is 11.3 Å². The minimum atomic E-state index is -3.61. The van der Waals surface area contributed by atoms with Gasteiger partial charge in [-0.3, -0.25) is 13.9 Å². The Morgan fingerprint density at radius 2 is 1.64 bits per heavy atom. The Morgan fingerprint density at radius 1 is 0.974 bits per heavy atom. The van der Waals surface area contributed by atoms with Gasteiger partial charge in [0.1, 0.15) is 11.9 Å². The van der Waals surface area contributed by atoms with Gasteiger partial charge in [-0.05, 0) is 49.1 Å². The highest BCUT2D eigenvalue weighted by molar-refractivity contribution is 7.92. The number of rotatable bonds is 12. The van der Waals surface area contributed by atoms with Crippen molar-refractivity contribution in [2.75, 3.05) is 24.2 Å². The first-order chi connectivity index (χ1) is 18.5. The molecule has 3 aromatic carbocycles. The molecule has 0 bridgehead atoms. The topological polar surface area (TPSA) is 86.8 Å². The molecule has 2 amide bonds. The van der Waals surface area contributed by atoms with Crippen LogP contribution in [-0.2, 0) is 32.6 Å². The molecule has 208 valence electrons. The summed E-state index contributed by atoms with van der Waals surface area (Å²) in [5.74, 6) is -1.20. The molecule has 1 unspecified atom stereocenters. The molecule has 0 saturated heterocycles. The number of hydrogen-bond donors (Lipinski definition) is 1. The van der Waals surface area contributed by atoms with Crippen molar-refractivity contribution in [3.63, 3.8) is 0 Å². The lowest BCUT2D eigenvalue weighted by atomic mass is 10.0. The highest BCUT2D eigenvalue weighted by Crippen LogP contribution is 2.25. The summed E-state index contributed by atoms with van der Waals surface area (Å²) in [6.45, 7) is 3.72. The van der Waals surface area contributed by atoms with Crippen molar-refractivity contribution in [1.29, 1.82) is 0 Å². The van der Waals surface area contributed by atoms with Crippen LogP contribution in [0.25, 0.3) is 0 Å². The number of nitrogens with one attached hydrogen (secondary N) is 1. The van der Waals surface area contributed by atoms with Gasteiger partial charge >= 0.3 is 0 Å². The summed E-state index contributed by atoms with van der Waals surface area (Å²) < 4.78 is 41.2. The van der Waals surface area contributed by atoms with Crippen molar-refractivity contribution >= 4 is 27.5 Å². The Kier molecular flexibility index (Phi) is 10.2. The fourth-order valence-electron chi connectivity index (χ4n) is 4.50. The molecule has 1 N–H and O–H groups in total. The highest BCUT2D eigenvalue weighted by Gasteiger charge is 2.30. The number of hydrogen-bond acceptors (Lipinski definition) is 4. The molecule has 9 heteroatoms. The van der Waals surface area contributed by atoms with E-state index in [1.165, 1.54) is 22.3 Å². The Morgan fingerprint density at radius 3 is 2.28 bits per heavy atom. The van der Waals surface area contributed by atoms with Crippen LogP contribution in [-0.4, -0.2) is 51.0 Å². The number of anilines is 1. The van der Waals surface area contributed by atoms with E-state index >= 15 is 0 Å². The van der Waals surface area contributed by atoms with Crippen LogP contribution in [0, 0.1) is 19.7 Å². The van der Waals surface area contributed by atoms with E-state index in [1.807, 2.05) is 62.4 Å². The van der Waals surface area contributed by atoms with E-state index in [9.17, 15) is 22.4 Å². The van der Waals surface area contributed by atoms with E-state index in [-0.39, 0.29) is 44.2 Å². The van der Waals surface area contributed by atoms with Crippen molar-refractivity contribution < 1.29 is 22.4 Å². The van der Waals surface area contributed by atoms with Crippen LogP contribution in [0.15, 0.2) is 72.8 Å². The summed E-state index contributed by atoms with van der Waals surface area (Å²) in [6.07, 6.45) is 1.59. The number of carbonyl (C=O) groups excluding carboxylic acids is 2. The average Bonchev–Trinajstić information content (AvgIpc) is 2.90. The lowest BCUT2D eigenvalue weighted by Gasteiger charge is -2.32. The van der Waals surface area contributed by atoms with Crippen molar-refractivity contribution in [3.8, 4) is 0 Å². The lowest BCUT2D eigenvalue weighted by molar-refractivity contribution is -0.141. The zero-order chi connectivity index (χ0) is 28.6. The fourth-order valence-corrected chi connectivity index (χ4v) is 5.52. The van der Waals surface area contributed by atoms with E-state index in [2.05, 4.69) is 5.32 Å². The van der Waals surface area contributed by atoms with Gasteiger partial charge in [0, 0.05) is 38.5 Å². The van der Waals surface area contributed by atoms with Crippen molar-refractivity contribution in [2.24, 2.45) is 0 Å². The molecule has 0 fully saturated rings. The molecule has 3 rings (SSSR count). The molecule has 3 aromatic rings. The molecule has 39 heavy (non-hydrogen) atoms. The zero-order valence-corrected chi connectivity index (χ0v) is 23.7. The predicted molar refractivity (Wildman–Crippen MR) is 152 cm³/mol. The SMILES string of the molecule is CNC(=O)C(Cc1ccccc1)N(Cc1ccccc1F)C(=O)CCCN(c1cc(C)ccc1C)S(C)(=O)=O. The van der Waals surface area contributed by atoms with E-state index in [1.54, 1.807) is 18.2 Å². The third-order valence-electron chi connectivity index (χ3n) is 6.60. The summed E-state index contributed by atoms with van der Waals surface area (Å²) in [6, 6.07) is 20.2. The maximum atomic E-state index is 14.6. The first-order valence-corrected chi connectivity index (χ1v) is 14.7. The van der Waals surface area contributed by atoms with Gasteiger partial charge in [0.2, 0.25) is 21.8 Å². The third-order valence-corrected chi connectivity index (χ3v) is 7.78. The van der Waals surface area contributed by atoms with Gasteiger partial charge in [-0.15, -0.1) is 0 Å². The van der Waals surface area contributed by atoms with Crippen LogP contribution in [0.3, 0.4) is 0 Å². The third kappa shape index (κ3) is 8.13. The van der Waals surface area contributed by atoms with Gasteiger partial charge in [0.05, 0.1) is 11.9 Å². The molecule has 0 saturated carbocycles. The van der Waals surface area contributed by atoms with E-state index in [0.717, 1.165) is 22.9 Å². The number of carbonyl (C=O) groups is 2. The molecule has 0 radical (unpaired) electrons. The van der Waals surface area contributed by atoms with Gasteiger partial charge in [0.15, 0.2) is 0 Å². The van der Waals surface area contributed by atoms with Crippen molar-refractivity contribution in [3.05, 3.63) is 101 Å². The standard InChI is InChI=1S/C30H36FN3O4S/c1-22-16-17-23(2)27(19-22)34(39(4,37)38)18-10-15-29(35)33(21-25-13-8-9-14-26(25)31)28(30(36)32-3)20-24-11-6-5-7-12-24/h5-9,11-14,16-17,19,28H,10,15,18,20-21H2,1-4H3,(H,32,36). The molecule has 1 atom stereocenters. The number of amides is 2. The Hall–Kier alpha value is -3.72. The maximum absolute atomic E-state index is 14.6. The van der Waals surface area contributed by atoms with Gasteiger partial charge in [-0.2, -0.15) is 0 Å². The number of halogens is 1. The maximum Gasteiger partial charge on any atom is 0.242 e. The monoisotopic (exact) mass is 553 g/mol. The molecule has 0 aliphatic heterocycles. The Bertz CT molecular complexity index is 1400. The Balaban J connectivity index is 1.87. The molecule has 0 spiro atoms. The van der Waals surface area contributed by atoms with Gasteiger partial charge in [0.25, 0.3) is 0 Å². The predicted octanol–water partition coefficient (Wildman–Crippen LogP) is 4.37. The van der Waals surface area contributed by atoms with Crippen LogP contribution >= 0.6 is 0 Å². The van der Waals surface area contributed by atoms with Gasteiger partial charge in [-0.25, -0.2) is 12.8 Å². The minimum Gasteiger partial charge on any atom is -0.357 e. The van der Waals surface area contributed by atoms with Crippen LogP contribution < -0.4 is 9.62 Å². The van der Waals surface area contributed by atoms with E-state index < -0.39 is 21.9 Å². The number of benzene rings is 3. The smallest absolute Gasteiger partial charge is 0.242 e. The van der Waals surface area contributed by atoms with Crippen LogP contribution in [0.5, 0.6) is 0 Å². The summed E-state index contributed by atoms with van der Waals surface area (Å²) in [5.41, 5.74) is 3.45. The average molecular weight is 554 g/mol. The summed E-state index contributed by atoms with van der Waals surface area (Å²) in [4.78, 5) is 28.1. The van der Waals surface area contributed by atoms with Crippen molar-refractivity contribution in [2.45, 2.75) is 45.7 Å². The fraction of sp³-hybridized carbons (Fsp3) is 0.333. The van der Waals surface area contributed by atoms with Gasteiger partial charge < -0.3 is 10.2 Å².